The van der Waals surface area contributed by atoms with E-state index in [0.717, 1.165) is 31.5 Å². The second-order valence-electron chi connectivity index (χ2n) is 5.83. The van der Waals surface area contributed by atoms with Gasteiger partial charge in [0.1, 0.15) is 0 Å². The van der Waals surface area contributed by atoms with Crippen molar-refractivity contribution in [2.45, 2.75) is 49.9 Å². The second-order valence-corrected chi connectivity index (χ2v) is 5.83. The van der Waals surface area contributed by atoms with E-state index in [1.54, 1.807) is 0 Å². The molecule has 0 spiro atoms. The minimum atomic E-state index is -0.690. The molecule has 1 aromatic heterocycles. The molecule has 2 aliphatic rings. The Morgan fingerprint density at radius 2 is 2.05 bits per heavy atom. The number of aliphatic carboxylic acids is 1. The molecule has 2 aliphatic carbocycles. The van der Waals surface area contributed by atoms with Crippen LogP contribution in [0.3, 0.4) is 0 Å². The third-order valence-electron chi connectivity index (χ3n) is 4.59. The lowest BCUT2D eigenvalue weighted by atomic mass is 9.82. The average molecular weight is 265 g/mol. The predicted molar refractivity (Wildman–Crippen MR) is 66.6 cm³/mol. The standard InChI is InChI=1S/C13H19N3O3/c14-7-13(5-6-13)12-15-10(19-16-12)8-1-3-9(4-2-8)11(17)18/h8-9H,1-7,14H2,(H,17,18)/t8-,9-. The van der Waals surface area contributed by atoms with Gasteiger partial charge in [0.15, 0.2) is 5.82 Å². The van der Waals surface area contributed by atoms with Gasteiger partial charge in [-0.3, -0.25) is 4.79 Å². The van der Waals surface area contributed by atoms with Crippen molar-refractivity contribution < 1.29 is 14.4 Å². The Hall–Kier alpha value is -1.43. The van der Waals surface area contributed by atoms with Crippen LogP contribution in [0.5, 0.6) is 0 Å². The van der Waals surface area contributed by atoms with Gasteiger partial charge in [-0.15, -0.1) is 0 Å². The van der Waals surface area contributed by atoms with Gasteiger partial charge in [0.05, 0.1) is 5.92 Å². The number of nitrogens with zero attached hydrogens (tertiary/aromatic N) is 2. The molecule has 0 aromatic carbocycles. The van der Waals surface area contributed by atoms with Gasteiger partial charge in [-0.25, -0.2) is 0 Å². The molecular weight excluding hydrogens is 246 g/mol. The second kappa shape index (κ2) is 4.59. The van der Waals surface area contributed by atoms with Crippen LogP contribution in [0.1, 0.15) is 56.2 Å². The van der Waals surface area contributed by atoms with Gasteiger partial charge in [-0.05, 0) is 38.5 Å². The van der Waals surface area contributed by atoms with E-state index in [0.29, 0.717) is 25.3 Å². The average Bonchev–Trinajstić information content (AvgIpc) is 3.08. The first-order valence-corrected chi connectivity index (χ1v) is 6.91. The first kappa shape index (κ1) is 12.6. The molecule has 0 amide bonds. The lowest BCUT2D eigenvalue weighted by Crippen LogP contribution is -2.22. The van der Waals surface area contributed by atoms with E-state index in [1.165, 1.54) is 0 Å². The van der Waals surface area contributed by atoms with Crippen LogP contribution in [0, 0.1) is 5.92 Å². The Kier molecular flexibility index (Phi) is 3.05. The Morgan fingerprint density at radius 3 is 2.58 bits per heavy atom. The Balaban J connectivity index is 1.66. The molecule has 2 fully saturated rings. The number of carboxylic acids is 1. The van der Waals surface area contributed by atoms with Crippen LogP contribution in [0.25, 0.3) is 0 Å². The third kappa shape index (κ3) is 2.25. The van der Waals surface area contributed by atoms with Gasteiger partial charge in [0.25, 0.3) is 0 Å². The summed E-state index contributed by atoms with van der Waals surface area (Å²) in [5, 5.41) is 13.0. The summed E-state index contributed by atoms with van der Waals surface area (Å²) in [6.45, 7) is 0.567. The molecular formula is C13H19N3O3. The van der Waals surface area contributed by atoms with Gasteiger partial charge in [-0.1, -0.05) is 5.16 Å². The lowest BCUT2D eigenvalue weighted by molar-refractivity contribution is -0.142. The fraction of sp³-hybridized carbons (Fsp3) is 0.769. The molecule has 0 saturated heterocycles. The SMILES string of the molecule is NCC1(c2noc([C@H]3CC[C@H](C(=O)O)CC3)n2)CC1. The maximum absolute atomic E-state index is 10.9. The summed E-state index contributed by atoms with van der Waals surface area (Å²) in [4.78, 5) is 15.4. The third-order valence-corrected chi connectivity index (χ3v) is 4.59. The van der Waals surface area contributed by atoms with E-state index in [2.05, 4.69) is 10.1 Å². The minimum Gasteiger partial charge on any atom is -0.481 e. The smallest absolute Gasteiger partial charge is 0.306 e. The van der Waals surface area contributed by atoms with Crippen molar-refractivity contribution in [1.29, 1.82) is 0 Å². The van der Waals surface area contributed by atoms with Crippen molar-refractivity contribution in [2.75, 3.05) is 6.54 Å². The number of rotatable bonds is 4. The zero-order valence-electron chi connectivity index (χ0n) is 10.8. The topological polar surface area (TPSA) is 102 Å². The summed E-state index contributed by atoms with van der Waals surface area (Å²) in [7, 11) is 0. The molecule has 6 nitrogen and oxygen atoms in total. The number of carbonyl (C=O) groups is 1. The summed E-state index contributed by atoms with van der Waals surface area (Å²) < 4.78 is 5.36. The summed E-state index contributed by atoms with van der Waals surface area (Å²) >= 11 is 0. The van der Waals surface area contributed by atoms with Crippen LogP contribution in [0.4, 0.5) is 0 Å². The van der Waals surface area contributed by atoms with E-state index in [-0.39, 0.29) is 17.3 Å². The predicted octanol–water partition coefficient (Wildman–Crippen LogP) is 1.42. The molecule has 19 heavy (non-hydrogen) atoms. The quantitative estimate of drug-likeness (QED) is 0.853. The summed E-state index contributed by atoms with van der Waals surface area (Å²) in [5.41, 5.74) is 5.71. The Labute approximate surface area is 111 Å². The Bertz CT molecular complexity index is 473. The van der Waals surface area contributed by atoms with Gasteiger partial charge in [0.2, 0.25) is 5.89 Å². The van der Waals surface area contributed by atoms with Crippen molar-refractivity contribution >= 4 is 5.97 Å². The van der Waals surface area contributed by atoms with Crippen LogP contribution in [-0.2, 0) is 10.2 Å². The molecule has 6 heteroatoms. The zero-order chi connectivity index (χ0) is 13.5. The molecule has 3 rings (SSSR count). The molecule has 1 aromatic rings. The fourth-order valence-corrected chi connectivity index (χ4v) is 2.87. The molecule has 3 N–H and O–H groups in total. The highest BCUT2D eigenvalue weighted by Gasteiger charge is 2.47. The van der Waals surface area contributed by atoms with Crippen LogP contribution >= 0.6 is 0 Å². The molecule has 2 saturated carbocycles. The van der Waals surface area contributed by atoms with Crippen molar-refractivity contribution in [3.63, 3.8) is 0 Å². The number of carboxylic acid groups (broad SMARTS) is 1. The number of nitrogens with two attached hydrogens (primary N) is 1. The first-order valence-electron chi connectivity index (χ1n) is 6.91. The largest absolute Gasteiger partial charge is 0.481 e. The molecule has 0 aliphatic heterocycles. The summed E-state index contributed by atoms with van der Waals surface area (Å²) in [6, 6.07) is 0. The van der Waals surface area contributed by atoms with Crippen molar-refractivity contribution in [3.8, 4) is 0 Å². The summed E-state index contributed by atoms with van der Waals surface area (Å²) in [5.74, 6) is 0.719. The molecule has 0 atom stereocenters. The molecule has 104 valence electrons. The molecule has 0 unspecified atom stereocenters. The van der Waals surface area contributed by atoms with Crippen molar-refractivity contribution in [1.82, 2.24) is 10.1 Å². The van der Waals surface area contributed by atoms with Crippen molar-refractivity contribution in [3.05, 3.63) is 11.7 Å². The molecule has 0 bridgehead atoms. The van der Waals surface area contributed by atoms with Crippen LogP contribution in [-0.4, -0.2) is 27.8 Å². The molecule has 1 heterocycles. The van der Waals surface area contributed by atoms with E-state index in [4.69, 9.17) is 15.4 Å². The Morgan fingerprint density at radius 1 is 1.37 bits per heavy atom. The van der Waals surface area contributed by atoms with Crippen LogP contribution in [0.15, 0.2) is 4.52 Å². The monoisotopic (exact) mass is 265 g/mol. The van der Waals surface area contributed by atoms with Crippen molar-refractivity contribution in [2.24, 2.45) is 11.7 Å². The minimum absolute atomic E-state index is 0.0417. The normalized spacial score (nSPS) is 29.1. The summed E-state index contributed by atoms with van der Waals surface area (Å²) in [6.07, 6.45) is 5.09. The van der Waals surface area contributed by atoms with Crippen LogP contribution in [0.2, 0.25) is 0 Å². The van der Waals surface area contributed by atoms with E-state index >= 15 is 0 Å². The lowest BCUT2D eigenvalue weighted by Gasteiger charge is -2.23. The maximum Gasteiger partial charge on any atom is 0.306 e. The van der Waals surface area contributed by atoms with Gasteiger partial charge >= 0.3 is 5.97 Å². The van der Waals surface area contributed by atoms with Gasteiger partial charge in [-0.2, -0.15) is 4.98 Å². The van der Waals surface area contributed by atoms with E-state index in [9.17, 15) is 4.79 Å². The van der Waals surface area contributed by atoms with E-state index in [1.807, 2.05) is 0 Å². The molecule has 0 radical (unpaired) electrons. The highest BCUT2D eigenvalue weighted by atomic mass is 16.5. The highest BCUT2D eigenvalue weighted by molar-refractivity contribution is 5.70. The first-order chi connectivity index (χ1) is 9.14. The maximum atomic E-state index is 10.9. The highest BCUT2D eigenvalue weighted by Crippen LogP contribution is 2.46. The van der Waals surface area contributed by atoms with Gasteiger partial charge in [0, 0.05) is 17.9 Å². The van der Waals surface area contributed by atoms with E-state index < -0.39 is 5.97 Å². The number of hydrogen-bond acceptors (Lipinski definition) is 5. The van der Waals surface area contributed by atoms with Gasteiger partial charge < -0.3 is 15.4 Å². The number of hydrogen-bond donors (Lipinski definition) is 2. The number of aromatic nitrogens is 2. The fourth-order valence-electron chi connectivity index (χ4n) is 2.87. The zero-order valence-corrected chi connectivity index (χ0v) is 10.8. The van der Waals surface area contributed by atoms with Crippen LogP contribution < -0.4 is 5.73 Å².